The van der Waals surface area contributed by atoms with E-state index in [1.165, 1.54) is 30.3 Å². The molecule has 0 radical (unpaired) electrons. The summed E-state index contributed by atoms with van der Waals surface area (Å²) in [6.07, 6.45) is -4.88. The van der Waals surface area contributed by atoms with Crippen LogP contribution in [0.2, 0.25) is 0 Å². The van der Waals surface area contributed by atoms with E-state index in [9.17, 15) is 27.2 Å². The molecule has 8 heteroatoms. The Morgan fingerprint density at radius 1 is 1.07 bits per heavy atom. The average molecular weight is 383 g/mol. The van der Waals surface area contributed by atoms with E-state index in [0.717, 1.165) is 19.2 Å². The second-order valence-electron chi connectivity index (χ2n) is 5.85. The molecule has 1 amide bonds. The number of carbonyl (C=O) groups excluding carboxylic acids is 2. The maximum atomic E-state index is 13.2. The van der Waals surface area contributed by atoms with Crippen LogP contribution in [0.15, 0.2) is 48.5 Å². The molecule has 0 aliphatic rings. The van der Waals surface area contributed by atoms with E-state index in [4.69, 9.17) is 0 Å². The highest BCUT2D eigenvalue weighted by atomic mass is 19.4. The van der Waals surface area contributed by atoms with Gasteiger partial charge in [0.05, 0.1) is 19.1 Å². The summed E-state index contributed by atoms with van der Waals surface area (Å²) < 4.78 is 56.3. The van der Waals surface area contributed by atoms with Gasteiger partial charge in [0.15, 0.2) is 0 Å². The van der Waals surface area contributed by atoms with Gasteiger partial charge in [0.1, 0.15) is 11.9 Å². The first kappa shape index (κ1) is 20.4. The van der Waals surface area contributed by atoms with Crippen LogP contribution in [0.3, 0.4) is 0 Å². The van der Waals surface area contributed by atoms with Crippen molar-refractivity contribution in [3.8, 4) is 0 Å². The van der Waals surface area contributed by atoms with Crippen LogP contribution < -0.4 is 5.32 Å². The summed E-state index contributed by atoms with van der Waals surface area (Å²) in [5.41, 5.74) is -0.240. The number of hydrogen-bond donors (Lipinski definition) is 1. The Hall–Kier alpha value is -2.90. The van der Waals surface area contributed by atoms with Gasteiger partial charge in [0.25, 0.3) is 0 Å². The summed E-state index contributed by atoms with van der Waals surface area (Å²) >= 11 is 0. The number of methoxy groups -OCH3 is 1. The van der Waals surface area contributed by atoms with Crippen molar-refractivity contribution in [2.45, 2.75) is 25.1 Å². The number of halogens is 4. The van der Waals surface area contributed by atoms with Gasteiger partial charge in [0.2, 0.25) is 5.91 Å². The van der Waals surface area contributed by atoms with Crippen LogP contribution in [0.1, 0.15) is 16.7 Å². The highest BCUT2D eigenvalue weighted by molar-refractivity contribution is 5.85. The van der Waals surface area contributed by atoms with E-state index in [1.54, 1.807) is 6.07 Å². The van der Waals surface area contributed by atoms with E-state index in [0.29, 0.717) is 5.56 Å². The number of hydrogen-bond acceptors (Lipinski definition) is 3. The summed E-state index contributed by atoms with van der Waals surface area (Å²) in [5, 5.41) is 2.43. The van der Waals surface area contributed by atoms with E-state index < -0.39 is 35.5 Å². The first-order chi connectivity index (χ1) is 12.7. The molecular weight excluding hydrogens is 366 g/mol. The van der Waals surface area contributed by atoms with E-state index in [2.05, 4.69) is 10.1 Å². The molecule has 4 nitrogen and oxygen atoms in total. The molecule has 0 saturated heterocycles. The van der Waals surface area contributed by atoms with Crippen molar-refractivity contribution in [1.29, 1.82) is 0 Å². The largest absolute Gasteiger partial charge is 0.467 e. The third-order valence-electron chi connectivity index (χ3n) is 3.77. The molecule has 2 aromatic rings. The SMILES string of the molecule is COC(=O)[C@@H](Cc1cccc(C(F)(F)F)c1)NC(=O)Cc1cccc(F)c1. The molecular formula is C19H17F4NO3. The summed E-state index contributed by atoms with van der Waals surface area (Å²) in [6.45, 7) is 0. The second-order valence-corrected chi connectivity index (χ2v) is 5.85. The lowest BCUT2D eigenvalue weighted by Gasteiger charge is -2.17. The summed E-state index contributed by atoms with van der Waals surface area (Å²) in [6, 6.07) is 8.70. The van der Waals surface area contributed by atoms with Crippen molar-refractivity contribution < 1.29 is 31.9 Å². The monoisotopic (exact) mass is 383 g/mol. The lowest BCUT2D eigenvalue weighted by atomic mass is 10.0. The molecule has 144 valence electrons. The van der Waals surface area contributed by atoms with Gasteiger partial charge < -0.3 is 10.1 Å². The Morgan fingerprint density at radius 2 is 1.74 bits per heavy atom. The third-order valence-corrected chi connectivity index (χ3v) is 3.77. The third kappa shape index (κ3) is 6.09. The molecule has 2 aromatic carbocycles. The minimum Gasteiger partial charge on any atom is -0.467 e. The van der Waals surface area contributed by atoms with Gasteiger partial charge in [-0.2, -0.15) is 13.2 Å². The standard InChI is InChI=1S/C19H17F4NO3/c1-27-18(26)16(10-12-4-2-6-14(8-12)19(21,22)23)24-17(25)11-13-5-3-7-15(20)9-13/h2-9,16H,10-11H2,1H3,(H,24,25)/t16-/m1/s1. The van der Waals surface area contributed by atoms with E-state index in [-0.39, 0.29) is 18.4 Å². The van der Waals surface area contributed by atoms with Gasteiger partial charge in [-0.3, -0.25) is 4.79 Å². The van der Waals surface area contributed by atoms with Gasteiger partial charge in [-0.15, -0.1) is 0 Å². The summed E-state index contributed by atoms with van der Waals surface area (Å²) in [4.78, 5) is 24.1. The number of carbonyl (C=O) groups is 2. The zero-order valence-electron chi connectivity index (χ0n) is 14.3. The number of benzene rings is 2. The minimum atomic E-state index is -4.52. The normalized spacial score (nSPS) is 12.3. The first-order valence-electron chi connectivity index (χ1n) is 7.97. The molecule has 0 aromatic heterocycles. The van der Waals surface area contributed by atoms with Crippen LogP contribution in [0, 0.1) is 5.82 Å². The van der Waals surface area contributed by atoms with Crippen molar-refractivity contribution >= 4 is 11.9 Å². The molecule has 0 heterocycles. The van der Waals surface area contributed by atoms with Gasteiger partial charge in [-0.1, -0.05) is 30.3 Å². The summed E-state index contributed by atoms with van der Waals surface area (Å²) in [5.74, 6) is -1.88. The number of ether oxygens (including phenoxy) is 1. The van der Waals surface area contributed by atoms with Crippen LogP contribution in [-0.2, 0) is 33.3 Å². The highest BCUT2D eigenvalue weighted by Gasteiger charge is 2.31. The Balaban J connectivity index is 2.11. The van der Waals surface area contributed by atoms with Gasteiger partial charge in [-0.05, 0) is 29.3 Å². The Kier molecular flexibility index (Phi) is 6.55. The Bertz CT molecular complexity index is 821. The van der Waals surface area contributed by atoms with Crippen molar-refractivity contribution in [2.75, 3.05) is 7.11 Å². The maximum absolute atomic E-state index is 13.2. The van der Waals surface area contributed by atoms with Gasteiger partial charge >= 0.3 is 12.1 Å². The predicted octanol–water partition coefficient (Wildman–Crippen LogP) is 3.29. The van der Waals surface area contributed by atoms with Crippen molar-refractivity contribution in [1.82, 2.24) is 5.32 Å². The number of nitrogens with one attached hydrogen (secondary N) is 1. The Labute approximate surface area is 153 Å². The Morgan fingerprint density at radius 3 is 2.37 bits per heavy atom. The zero-order valence-corrected chi connectivity index (χ0v) is 14.3. The number of alkyl halides is 3. The minimum absolute atomic E-state index is 0.175. The van der Waals surface area contributed by atoms with Crippen molar-refractivity contribution in [2.24, 2.45) is 0 Å². The maximum Gasteiger partial charge on any atom is 0.416 e. The quantitative estimate of drug-likeness (QED) is 0.615. The molecule has 0 bridgehead atoms. The van der Waals surface area contributed by atoms with Crippen LogP contribution in [0.5, 0.6) is 0 Å². The molecule has 1 N–H and O–H groups in total. The highest BCUT2D eigenvalue weighted by Crippen LogP contribution is 2.29. The zero-order chi connectivity index (χ0) is 20.0. The lowest BCUT2D eigenvalue weighted by molar-refractivity contribution is -0.145. The fraction of sp³-hybridized carbons (Fsp3) is 0.263. The molecule has 0 fully saturated rings. The second kappa shape index (κ2) is 8.66. The average Bonchev–Trinajstić information content (AvgIpc) is 2.60. The summed E-state index contributed by atoms with van der Waals surface area (Å²) in [7, 11) is 1.11. The van der Waals surface area contributed by atoms with Crippen LogP contribution in [-0.4, -0.2) is 25.0 Å². The fourth-order valence-electron chi connectivity index (χ4n) is 2.52. The van der Waals surface area contributed by atoms with E-state index >= 15 is 0 Å². The number of esters is 1. The van der Waals surface area contributed by atoms with Gasteiger partial charge in [-0.25, -0.2) is 9.18 Å². The fourth-order valence-corrected chi connectivity index (χ4v) is 2.52. The molecule has 0 unspecified atom stereocenters. The molecule has 0 saturated carbocycles. The molecule has 27 heavy (non-hydrogen) atoms. The molecule has 2 rings (SSSR count). The van der Waals surface area contributed by atoms with Crippen molar-refractivity contribution in [3.63, 3.8) is 0 Å². The predicted molar refractivity (Wildman–Crippen MR) is 89.2 cm³/mol. The molecule has 0 spiro atoms. The molecule has 1 atom stereocenters. The van der Waals surface area contributed by atoms with Gasteiger partial charge in [0, 0.05) is 6.42 Å². The van der Waals surface area contributed by atoms with Crippen LogP contribution >= 0.6 is 0 Å². The van der Waals surface area contributed by atoms with Crippen molar-refractivity contribution in [3.05, 3.63) is 71.0 Å². The number of rotatable bonds is 6. The van der Waals surface area contributed by atoms with E-state index in [1.807, 2.05) is 0 Å². The topological polar surface area (TPSA) is 55.4 Å². The molecule has 0 aliphatic carbocycles. The molecule has 0 aliphatic heterocycles. The first-order valence-corrected chi connectivity index (χ1v) is 7.97. The van der Waals surface area contributed by atoms with Crippen LogP contribution in [0.4, 0.5) is 17.6 Å². The number of amides is 1. The smallest absolute Gasteiger partial charge is 0.416 e. The van der Waals surface area contributed by atoms with Crippen LogP contribution in [0.25, 0.3) is 0 Å². The lowest BCUT2D eigenvalue weighted by Crippen LogP contribution is -2.43.